The lowest BCUT2D eigenvalue weighted by Gasteiger charge is -2.34. The number of thiophene rings is 1. The maximum Gasteiger partial charge on any atom is 0.264 e. The van der Waals surface area contributed by atoms with Crippen molar-refractivity contribution in [3.8, 4) is 0 Å². The van der Waals surface area contributed by atoms with Crippen molar-refractivity contribution in [2.45, 2.75) is 6.54 Å². The third-order valence-corrected chi connectivity index (χ3v) is 5.18. The van der Waals surface area contributed by atoms with Gasteiger partial charge in [-0.15, -0.1) is 11.3 Å². The largest absolute Gasteiger partial charge is 0.335 e. The first-order chi connectivity index (χ1) is 10.2. The lowest BCUT2D eigenvalue weighted by Crippen LogP contribution is -2.48. The molecule has 0 aliphatic carbocycles. The molecule has 6 heteroatoms. The van der Waals surface area contributed by atoms with Crippen LogP contribution in [0.15, 0.2) is 40.4 Å². The molecule has 1 fully saturated rings. The van der Waals surface area contributed by atoms with E-state index < -0.39 is 0 Å². The van der Waals surface area contributed by atoms with E-state index in [0.29, 0.717) is 0 Å². The minimum Gasteiger partial charge on any atom is -0.335 e. The second kappa shape index (κ2) is 6.68. The number of carbonyl (C=O) groups excluding carboxylic acids is 1. The molecule has 1 amide bonds. The first-order valence-corrected chi connectivity index (χ1v) is 8.49. The van der Waals surface area contributed by atoms with Gasteiger partial charge in [0.1, 0.15) is 0 Å². The van der Waals surface area contributed by atoms with E-state index in [1.807, 2.05) is 29.3 Å². The zero-order valence-corrected chi connectivity index (χ0v) is 13.9. The molecule has 3 heterocycles. The normalized spacial score (nSPS) is 16.1. The summed E-state index contributed by atoms with van der Waals surface area (Å²) in [4.78, 5) is 21.6. The van der Waals surface area contributed by atoms with Gasteiger partial charge in [-0.3, -0.25) is 14.7 Å². The number of pyridine rings is 1. The van der Waals surface area contributed by atoms with Crippen molar-refractivity contribution in [1.82, 2.24) is 14.8 Å². The Morgan fingerprint density at radius 2 is 2.05 bits per heavy atom. The number of aromatic nitrogens is 1. The molecule has 1 saturated heterocycles. The summed E-state index contributed by atoms with van der Waals surface area (Å²) in [5, 5.41) is 0. The lowest BCUT2D eigenvalue weighted by atomic mass is 10.2. The average Bonchev–Trinajstić information content (AvgIpc) is 2.95. The molecule has 0 saturated carbocycles. The topological polar surface area (TPSA) is 36.4 Å². The highest BCUT2D eigenvalue weighted by molar-refractivity contribution is 9.11. The fourth-order valence-electron chi connectivity index (χ4n) is 2.44. The third-order valence-electron chi connectivity index (χ3n) is 3.57. The Balaban J connectivity index is 1.54. The molecule has 2 aromatic rings. The Morgan fingerprint density at radius 3 is 2.67 bits per heavy atom. The van der Waals surface area contributed by atoms with Crippen LogP contribution in [0.5, 0.6) is 0 Å². The molecular formula is C15H16BrN3OS. The van der Waals surface area contributed by atoms with E-state index in [-0.39, 0.29) is 5.91 Å². The SMILES string of the molecule is O=C(c1ccc(Br)s1)N1CCN(Cc2cccnc2)CC1. The summed E-state index contributed by atoms with van der Waals surface area (Å²) < 4.78 is 1.00. The van der Waals surface area contributed by atoms with Gasteiger partial charge in [0.25, 0.3) is 5.91 Å². The Kier molecular flexibility index (Phi) is 4.67. The van der Waals surface area contributed by atoms with Gasteiger partial charge in [-0.25, -0.2) is 0 Å². The fourth-order valence-corrected chi connectivity index (χ4v) is 3.80. The Labute approximate surface area is 136 Å². The standard InChI is InChI=1S/C15H16BrN3OS/c16-14-4-3-13(21-14)15(20)19-8-6-18(7-9-19)11-12-2-1-5-17-10-12/h1-5,10H,6-9,11H2. The van der Waals surface area contributed by atoms with Gasteiger partial charge in [-0.1, -0.05) is 6.07 Å². The highest BCUT2D eigenvalue weighted by Crippen LogP contribution is 2.23. The Morgan fingerprint density at radius 1 is 1.24 bits per heavy atom. The summed E-state index contributed by atoms with van der Waals surface area (Å²) >= 11 is 4.90. The average molecular weight is 366 g/mol. The van der Waals surface area contributed by atoms with Gasteiger partial charge in [0.15, 0.2) is 0 Å². The zero-order valence-electron chi connectivity index (χ0n) is 11.5. The molecule has 0 atom stereocenters. The molecule has 0 radical (unpaired) electrons. The van der Waals surface area contributed by atoms with Crippen LogP contribution in [0.3, 0.4) is 0 Å². The number of nitrogens with zero attached hydrogens (tertiary/aromatic N) is 3. The van der Waals surface area contributed by atoms with Crippen LogP contribution < -0.4 is 0 Å². The van der Waals surface area contributed by atoms with Crippen molar-refractivity contribution in [2.75, 3.05) is 26.2 Å². The van der Waals surface area contributed by atoms with Crippen molar-refractivity contribution in [2.24, 2.45) is 0 Å². The van der Waals surface area contributed by atoms with E-state index in [1.165, 1.54) is 16.9 Å². The summed E-state index contributed by atoms with van der Waals surface area (Å²) in [5.74, 6) is 0.145. The summed E-state index contributed by atoms with van der Waals surface area (Å²) in [6, 6.07) is 7.87. The number of halogens is 1. The number of piperazine rings is 1. The van der Waals surface area contributed by atoms with E-state index in [9.17, 15) is 4.79 Å². The number of rotatable bonds is 3. The van der Waals surface area contributed by atoms with Crippen LogP contribution in [0.2, 0.25) is 0 Å². The number of hydrogen-bond acceptors (Lipinski definition) is 4. The van der Waals surface area contributed by atoms with Crippen molar-refractivity contribution >= 4 is 33.2 Å². The van der Waals surface area contributed by atoms with Crippen LogP contribution in [0.25, 0.3) is 0 Å². The summed E-state index contributed by atoms with van der Waals surface area (Å²) in [6.45, 7) is 4.30. The smallest absolute Gasteiger partial charge is 0.264 e. The van der Waals surface area contributed by atoms with Gasteiger partial charge in [0.2, 0.25) is 0 Å². The number of hydrogen-bond donors (Lipinski definition) is 0. The van der Waals surface area contributed by atoms with Gasteiger partial charge in [0, 0.05) is 45.1 Å². The molecule has 2 aromatic heterocycles. The van der Waals surface area contributed by atoms with E-state index in [0.717, 1.165) is 41.4 Å². The first-order valence-electron chi connectivity index (χ1n) is 6.88. The molecule has 0 bridgehead atoms. The van der Waals surface area contributed by atoms with E-state index >= 15 is 0 Å². The molecule has 0 aromatic carbocycles. The van der Waals surface area contributed by atoms with Gasteiger partial charge in [0.05, 0.1) is 8.66 Å². The fraction of sp³-hybridized carbons (Fsp3) is 0.333. The summed E-state index contributed by atoms with van der Waals surface area (Å²) in [5.41, 5.74) is 1.22. The lowest BCUT2D eigenvalue weighted by molar-refractivity contribution is 0.0633. The molecule has 4 nitrogen and oxygen atoms in total. The van der Waals surface area contributed by atoms with Crippen LogP contribution in [-0.2, 0) is 6.54 Å². The Bertz CT molecular complexity index is 608. The van der Waals surface area contributed by atoms with Gasteiger partial charge in [-0.05, 0) is 39.7 Å². The maximum absolute atomic E-state index is 12.4. The quantitative estimate of drug-likeness (QED) is 0.838. The predicted octanol–water partition coefficient (Wildman–Crippen LogP) is 2.86. The highest BCUT2D eigenvalue weighted by atomic mass is 79.9. The van der Waals surface area contributed by atoms with Crippen LogP contribution in [-0.4, -0.2) is 46.9 Å². The van der Waals surface area contributed by atoms with E-state index in [4.69, 9.17) is 0 Å². The predicted molar refractivity (Wildman–Crippen MR) is 87.4 cm³/mol. The third kappa shape index (κ3) is 3.70. The van der Waals surface area contributed by atoms with Gasteiger partial charge >= 0.3 is 0 Å². The van der Waals surface area contributed by atoms with Crippen molar-refractivity contribution < 1.29 is 4.79 Å². The molecule has 110 valence electrons. The van der Waals surface area contributed by atoms with Crippen molar-refractivity contribution in [1.29, 1.82) is 0 Å². The molecular weight excluding hydrogens is 350 g/mol. The number of amides is 1. The molecule has 0 N–H and O–H groups in total. The van der Waals surface area contributed by atoms with Crippen LogP contribution >= 0.6 is 27.3 Å². The second-order valence-corrected chi connectivity index (χ2v) is 7.50. The molecule has 3 rings (SSSR count). The first kappa shape index (κ1) is 14.7. The van der Waals surface area contributed by atoms with Gasteiger partial charge < -0.3 is 4.90 Å². The summed E-state index contributed by atoms with van der Waals surface area (Å²) in [6.07, 6.45) is 3.69. The minimum absolute atomic E-state index is 0.145. The van der Waals surface area contributed by atoms with Crippen LogP contribution in [0, 0.1) is 0 Å². The number of carbonyl (C=O) groups is 1. The molecule has 1 aliphatic rings. The van der Waals surface area contributed by atoms with Gasteiger partial charge in [-0.2, -0.15) is 0 Å². The minimum atomic E-state index is 0.145. The maximum atomic E-state index is 12.4. The van der Waals surface area contributed by atoms with Crippen molar-refractivity contribution in [3.63, 3.8) is 0 Å². The van der Waals surface area contributed by atoms with Crippen LogP contribution in [0.1, 0.15) is 15.2 Å². The second-order valence-electron chi connectivity index (χ2n) is 5.03. The van der Waals surface area contributed by atoms with Crippen molar-refractivity contribution in [3.05, 3.63) is 50.9 Å². The summed E-state index contributed by atoms with van der Waals surface area (Å²) in [7, 11) is 0. The van der Waals surface area contributed by atoms with E-state index in [2.05, 4.69) is 31.9 Å². The molecule has 0 unspecified atom stereocenters. The van der Waals surface area contributed by atoms with Crippen LogP contribution in [0.4, 0.5) is 0 Å². The molecule has 0 spiro atoms. The van der Waals surface area contributed by atoms with E-state index in [1.54, 1.807) is 6.20 Å². The highest BCUT2D eigenvalue weighted by Gasteiger charge is 2.23. The molecule has 21 heavy (non-hydrogen) atoms. The molecule has 1 aliphatic heterocycles. The monoisotopic (exact) mass is 365 g/mol. The Hall–Kier alpha value is -1.24. The zero-order chi connectivity index (χ0) is 14.7.